The quantitative estimate of drug-likeness (QED) is 0.790. The Labute approximate surface area is 134 Å². The zero-order chi connectivity index (χ0) is 16.5. The van der Waals surface area contributed by atoms with Crippen molar-refractivity contribution in [2.75, 3.05) is 13.7 Å². The Hall–Kier alpha value is -2.89. The van der Waals surface area contributed by atoms with E-state index >= 15 is 0 Å². The highest BCUT2D eigenvalue weighted by molar-refractivity contribution is 5.94. The van der Waals surface area contributed by atoms with Crippen LogP contribution in [0.5, 0.6) is 5.88 Å². The lowest BCUT2D eigenvalue weighted by atomic mass is 10.2. The minimum absolute atomic E-state index is 0.130. The molecule has 0 spiro atoms. The summed E-state index contributed by atoms with van der Waals surface area (Å²) in [5, 5.41) is 2.64. The van der Waals surface area contributed by atoms with E-state index in [9.17, 15) is 9.59 Å². The molecule has 6 nitrogen and oxygen atoms in total. The van der Waals surface area contributed by atoms with Gasteiger partial charge in [0, 0.05) is 24.4 Å². The van der Waals surface area contributed by atoms with Crippen LogP contribution >= 0.6 is 0 Å². The number of pyridine rings is 1. The number of rotatable bonds is 7. The van der Waals surface area contributed by atoms with Crippen molar-refractivity contribution in [2.45, 2.75) is 13.0 Å². The number of aromatic nitrogens is 1. The first kappa shape index (κ1) is 16.5. The van der Waals surface area contributed by atoms with Gasteiger partial charge in [-0.3, -0.25) is 9.59 Å². The summed E-state index contributed by atoms with van der Waals surface area (Å²) < 4.78 is 10.1. The van der Waals surface area contributed by atoms with Crippen molar-refractivity contribution in [1.29, 1.82) is 0 Å². The molecule has 0 aliphatic heterocycles. The van der Waals surface area contributed by atoms with E-state index in [-0.39, 0.29) is 24.8 Å². The van der Waals surface area contributed by atoms with Crippen LogP contribution < -0.4 is 10.1 Å². The number of amides is 1. The molecule has 0 unspecified atom stereocenters. The van der Waals surface area contributed by atoms with Crippen molar-refractivity contribution in [1.82, 2.24) is 10.3 Å². The molecule has 0 atom stereocenters. The zero-order valence-electron chi connectivity index (χ0n) is 12.8. The summed E-state index contributed by atoms with van der Waals surface area (Å²) in [7, 11) is 1.31. The van der Waals surface area contributed by atoms with Gasteiger partial charge >= 0.3 is 5.97 Å². The van der Waals surface area contributed by atoms with E-state index in [4.69, 9.17) is 4.74 Å². The van der Waals surface area contributed by atoms with Gasteiger partial charge in [-0.25, -0.2) is 4.98 Å². The molecule has 2 rings (SSSR count). The maximum Gasteiger partial charge on any atom is 0.307 e. The normalized spacial score (nSPS) is 9.96. The van der Waals surface area contributed by atoms with Crippen LogP contribution in [0.25, 0.3) is 0 Å². The second-order valence-electron chi connectivity index (χ2n) is 4.74. The lowest BCUT2D eigenvalue weighted by Crippen LogP contribution is -2.26. The van der Waals surface area contributed by atoms with E-state index in [2.05, 4.69) is 15.0 Å². The summed E-state index contributed by atoms with van der Waals surface area (Å²) in [4.78, 5) is 27.1. The number of methoxy groups -OCH3 is 1. The van der Waals surface area contributed by atoms with Crippen molar-refractivity contribution < 1.29 is 19.1 Å². The Bertz CT molecular complexity index is 659. The third kappa shape index (κ3) is 5.43. The number of hydrogen-bond acceptors (Lipinski definition) is 5. The highest BCUT2D eigenvalue weighted by Gasteiger charge is 2.08. The van der Waals surface area contributed by atoms with Crippen molar-refractivity contribution in [3.63, 3.8) is 0 Å². The Balaban J connectivity index is 1.88. The van der Waals surface area contributed by atoms with Crippen LogP contribution in [0.2, 0.25) is 0 Å². The number of nitrogens with one attached hydrogen (secondary N) is 1. The summed E-state index contributed by atoms with van der Waals surface area (Å²) in [5.41, 5.74) is 1.44. The molecule has 0 aliphatic rings. The molecule has 0 aliphatic carbocycles. The van der Waals surface area contributed by atoms with Gasteiger partial charge in [-0.05, 0) is 11.6 Å². The molecule has 0 saturated heterocycles. The van der Waals surface area contributed by atoms with Gasteiger partial charge < -0.3 is 14.8 Å². The standard InChI is InChI=1S/C17H18N2O4/c1-22-16(20)8-10-19-17(21)14-7-9-18-15(11-14)23-12-13-5-3-2-4-6-13/h2-7,9,11H,8,10,12H2,1H3,(H,19,21). The van der Waals surface area contributed by atoms with E-state index < -0.39 is 0 Å². The van der Waals surface area contributed by atoms with Crippen LogP contribution in [-0.2, 0) is 16.1 Å². The van der Waals surface area contributed by atoms with E-state index in [1.807, 2.05) is 30.3 Å². The number of benzene rings is 1. The van der Waals surface area contributed by atoms with Crippen LogP contribution in [0.15, 0.2) is 48.7 Å². The fraction of sp³-hybridized carbons (Fsp3) is 0.235. The minimum Gasteiger partial charge on any atom is -0.473 e. The molecule has 23 heavy (non-hydrogen) atoms. The van der Waals surface area contributed by atoms with E-state index in [1.165, 1.54) is 13.3 Å². The Morgan fingerprint density at radius 1 is 1.17 bits per heavy atom. The topological polar surface area (TPSA) is 77.5 Å². The number of esters is 1. The minimum atomic E-state index is -0.369. The lowest BCUT2D eigenvalue weighted by molar-refractivity contribution is -0.140. The Morgan fingerprint density at radius 3 is 2.70 bits per heavy atom. The molecule has 2 aromatic rings. The molecule has 1 amide bonds. The molecule has 1 heterocycles. The second kappa shape index (κ2) is 8.53. The summed E-state index contributed by atoms with van der Waals surface area (Å²) >= 11 is 0. The molecule has 0 saturated carbocycles. The van der Waals surface area contributed by atoms with E-state index in [0.29, 0.717) is 18.1 Å². The first-order valence-corrected chi connectivity index (χ1v) is 7.17. The molecular formula is C17H18N2O4. The van der Waals surface area contributed by atoms with Gasteiger partial charge in [-0.15, -0.1) is 0 Å². The first-order valence-electron chi connectivity index (χ1n) is 7.17. The molecule has 1 aromatic carbocycles. The van der Waals surface area contributed by atoms with Crippen molar-refractivity contribution in [3.8, 4) is 5.88 Å². The SMILES string of the molecule is COC(=O)CCNC(=O)c1ccnc(OCc2ccccc2)c1. The van der Waals surface area contributed by atoms with Gasteiger partial charge in [-0.2, -0.15) is 0 Å². The number of nitrogens with zero attached hydrogens (tertiary/aromatic N) is 1. The maximum absolute atomic E-state index is 12.0. The number of carbonyl (C=O) groups is 2. The third-order valence-electron chi connectivity index (χ3n) is 3.07. The fourth-order valence-corrected chi connectivity index (χ4v) is 1.84. The van der Waals surface area contributed by atoms with E-state index in [0.717, 1.165) is 5.56 Å². The summed E-state index contributed by atoms with van der Waals surface area (Å²) in [6, 6.07) is 12.8. The molecule has 120 valence electrons. The van der Waals surface area contributed by atoms with Crippen molar-refractivity contribution >= 4 is 11.9 Å². The fourth-order valence-electron chi connectivity index (χ4n) is 1.84. The molecule has 6 heteroatoms. The van der Waals surface area contributed by atoms with Gasteiger partial charge in [0.15, 0.2) is 0 Å². The number of hydrogen-bond donors (Lipinski definition) is 1. The maximum atomic E-state index is 12.0. The predicted molar refractivity (Wildman–Crippen MR) is 84.0 cm³/mol. The number of carbonyl (C=O) groups excluding carboxylic acids is 2. The largest absolute Gasteiger partial charge is 0.473 e. The van der Waals surface area contributed by atoms with Crippen LogP contribution in [0, 0.1) is 0 Å². The number of ether oxygens (including phenoxy) is 2. The average molecular weight is 314 g/mol. The Kier molecular flexibility index (Phi) is 6.11. The molecule has 0 bridgehead atoms. The lowest BCUT2D eigenvalue weighted by Gasteiger charge is -2.08. The van der Waals surface area contributed by atoms with Crippen LogP contribution in [0.1, 0.15) is 22.3 Å². The summed E-state index contributed by atoms with van der Waals surface area (Å²) in [5.74, 6) is -0.290. The molecule has 0 fully saturated rings. The highest BCUT2D eigenvalue weighted by Crippen LogP contribution is 2.11. The summed E-state index contributed by atoms with van der Waals surface area (Å²) in [6.45, 7) is 0.593. The van der Waals surface area contributed by atoms with Gasteiger partial charge in [0.1, 0.15) is 6.61 Å². The average Bonchev–Trinajstić information content (AvgIpc) is 2.60. The van der Waals surface area contributed by atoms with Crippen molar-refractivity contribution in [3.05, 3.63) is 59.8 Å². The Morgan fingerprint density at radius 2 is 1.96 bits per heavy atom. The second-order valence-corrected chi connectivity index (χ2v) is 4.74. The van der Waals surface area contributed by atoms with Gasteiger partial charge in [0.25, 0.3) is 5.91 Å². The zero-order valence-corrected chi connectivity index (χ0v) is 12.8. The van der Waals surface area contributed by atoms with Crippen LogP contribution in [-0.4, -0.2) is 30.5 Å². The predicted octanol–water partition coefficient (Wildman–Crippen LogP) is 1.95. The highest BCUT2D eigenvalue weighted by atomic mass is 16.5. The van der Waals surface area contributed by atoms with Gasteiger partial charge in [0.2, 0.25) is 5.88 Å². The van der Waals surface area contributed by atoms with Crippen LogP contribution in [0.4, 0.5) is 0 Å². The summed E-state index contributed by atoms with van der Waals surface area (Å²) in [6.07, 6.45) is 1.64. The van der Waals surface area contributed by atoms with E-state index in [1.54, 1.807) is 12.1 Å². The smallest absolute Gasteiger partial charge is 0.307 e. The van der Waals surface area contributed by atoms with Crippen LogP contribution in [0.3, 0.4) is 0 Å². The molecular weight excluding hydrogens is 296 g/mol. The first-order chi connectivity index (χ1) is 11.2. The van der Waals surface area contributed by atoms with Gasteiger partial charge in [-0.1, -0.05) is 30.3 Å². The molecule has 0 radical (unpaired) electrons. The van der Waals surface area contributed by atoms with Crippen molar-refractivity contribution in [2.24, 2.45) is 0 Å². The van der Waals surface area contributed by atoms with Gasteiger partial charge in [0.05, 0.1) is 13.5 Å². The molecule has 1 aromatic heterocycles. The molecule has 1 N–H and O–H groups in total. The monoisotopic (exact) mass is 314 g/mol. The third-order valence-corrected chi connectivity index (χ3v) is 3.07.